The zero-order valence-electron chi connectivity index (χ0n) is 14.2. The molecule has 1 fully saturated rings. The van der Waals surface area contributed by atoms with Crippen LogP contribution in [0.1, 0.15) is 18.5 Å². The third-order valence-corrected chi connectivity index (χ3v) is 4.42. The van der Waals surface area contributed by atoms with Crippen molar-refractivity contribution in [3.8, 4) is 0 Å². The Morgan fingerprint density at radius 1 is 1.33 bits per heavy atom. The number of hydrogen-bond donors (Lipinski definition) is 1. The number of amides is 2. The molecule has 0 saturated carbocycles. The number of piperidine rings is 1. The van der Waals surface area contributed by atoms with Crippen molar-refractivity contribution < 1.29 is 4.79 Å². The van der Waals surface area contributed by atoms with Gasteiger partial charge in [0.25, 0.3) is 0 Å². The highest BCUT2D eigenvalue weighted by atomic mass is 16.2. The fourth-order valence-electron chi connectivity index (χ4n) is 2.96. The first kappa shape index (κ1) is 16.4. The molecule has 0 aliphatic carbocycles. The van der Waals surface area contributed by atoms with E-state index in [9.17, 15) is 4.79 Å². The average Bonchev–Trinajstić information content (AvgIpc) is 3.02. The van der Waals surface area contributed by atoms with Crippen LogP contribution in [-0.4, -0.2) is 63.8 Å². The maximum Gasteiger partial charge on any atom is 0.321 e. The van der Waals surface area contributed by atoms with Crippen molar-refractivity contribution in [2.75, 3.05) is 32.5 Å². The fraction of sp³-hybridized carbons (Fsp3) is 0.471. The minimum absolute atomic E-state index is 0.0513. The maximum atomic E-state index is 12.4. The van der Waals surface area contributed by atoms with Crippen LogP contribution >= 0.6 is 0 Å². The van der Waals surface area contributed by atoms with Crippen LogP contribution in [0.5, 0.6) is 0 Å². The van der Waals surface area contributed by atoms with Gasteiger partial charge in [0.2, 0.25) is 0 Å². The van der Waals surface area contributed by atoms with Crippen LogP contribution < -0.4 is 5.32 Å². The Labute approximate surface area is 142 Å². The first-order chi connectivity index (χ1) is 11.6. The van der Waals surface area contributed by atoms with Gasteiger partial charge in [-0.25, -0.2) is 4.79 Å². The molecule has 1 aliphatic rings. The summed E-state index contributed by atoms with van der Waals surface area (Å²) in [6.07, 6.45) is 7.30. The van der Waals surface area contributed by atoms with Gasteiger partial charge in [-0.1, -0.05) is 6.07 Å². The van der Waals surface area contributed by atoms with Crippen molar-refractivity contribution in [1.82, 2.24) is 24.6 Å². The monoisotopic (exact) mass is 328 g/mol. The third-order valence-electron chi connectivity index (χ3n) is 4.42. The van der Waals surface area contributed by atoms with Gasteiger partial charge in [-0.3, -0.25) is 9.67 Å². The van der Waals surface area contributed by atoms with Gasteiger partial charge < -0.3 is 15.1 Å². The zero-order valence-corrected chi connectivity index (χ0v) is 14.2. The molecule has 1 saturated heterocycles. The lowest BCUT2D eigenvalue weighted by atomic mass is 10.0. The Morgan fingerprint density at radius 3 is 2.79 bits per heavy atom. The second kappa shape index (κ2) is 7.44. The summed E-state index contributed by atoms with van der Waals surface area (Å²) >= 11 is 0. The molecule has 1 N–H and O–H groups in total. The number of carbonyl (C=O) groups is 1. The van der Waals surface area contributed by atoms with Gasteiger partial charge in [-0.15, -0.1) is 0 Å². The normalized spacial score (nSPS) is 15.7. The molecule has 3 rings (SSSR count). The van der Waals surface area contributed by atoms with E-state index in [0.29, 0.717) is 18.3 Å². The van der Waals surface area contributed by atoms with Gasteiger partial charge in [-0.2, -0.15) is 5.10 Å². The quantitative estimate of drug-likeness (QED) is 0.931. The largest absolute Gasteiger partial charge is 0.324 e. The van der Waals surface area contributed by atoms with E-state index in [2.05, 4.69) is 34.4 Å². The van der Waals surface area contributed by atoms with Crippen LogP contribution in [0.3, 0.4) is 0 Å². The van der Waals surface area contributed by atoms with Crippen molar-refractivity contribution in [2.45, 2.75) is 25.4 Å². The van der Waals surface area contributed by atoms with Crippen molar-refractivity contribution >= 4 is 11.7 Å². The lowest BCUT2D eigenvalue weighted by Crippen LogP contribution is -2.45. The third kappa shape index (κ3) is 4.11. The number of carbonyl (C=O) groups excluding carboxylic acids is 1. The molecule has 0 spiro atoms. The van der Waals surface area contributed by atoms with Crippen LogP contribution in [0.4, 0.5) is 10.5 Å². The number of hydrogen-bond acceptors (Lipinski definition) is 4. The second-order valence-electron chi connectivity index (χ2n) is 6.36. The lowest BCUT2D eigenvalue weighted by Gasteiger charge is -2.35. The predicted molar refractivity (Wildman–Crippen MR) is 92.9 cm³/mol. The number of pyridine rings is 1. The number of nitrogens with zero attached hydrogens (tertiary/aromatic N) is 5. The Hall–Kier alpha value is -2.41. The SMILES string of the molecule is CN(C)C1CCN(C(=O)Nc2cnn(Cc3ccccn3)c2)CC1. The Morgan fingerprint density at radius 2 is 2.12 bits per heavy atom. The molecule has 0 atom stereocenters. The number of likely N-dealkylation sites (tertiary alicyclic amines) is 1. The fourth-order valence-corrected chi connectivity index (χ4v) is 2.96. The zero-order chi connectivity index (χ0) is 16.9. The summed E-state index contributed by atoms with van der Waals surface area (Å²) in [6.45, 7) is 2.17. The van der Waals surface area contributed by atoms with Crippen LogP contribution in [0.2, 0.25) is 0 Å². The van der Waals surface area contributed by atoms with Gasteiger partial charge in [0.1, 0.15) is 0 Å². The van der Waals surface area contributed by atoms with Crippen LogP contribution in [-0.2, 0) is 6.54 Å². The first-order valence-electron chi connectivity index (χ1n) is 8.26. The molecule has 0 unspecified atom stereocenters. The summed E-state index contributed by atoms with van der Waals surface area (Å²) in [7, 11) is 4.19. The smallest absolute Gasteiger partial charge is 0.321 e. The number of aromatic nitrogens is 3. The molecule has 2 aromatic heterocycles. The first-order valence-corrected chi connectivity index (χ1v) is 8.26. The summed E-state index contributed by atoms with van der Waals surface area (Å²) < 4.78 is 1.77. The number of nitrogens with one attached hydrogen (secondary N) is 1. The summed E-state index contributed by atoms with van der Waals surface area (Å²) in [4.78, 5) is 20.7. The molecule has 0 radical (unpaired) electrons. The van der Waals surface area contributed by atoms with E-state index in [0.717, 1.165) is 31.6 Å². The highest BCUT2D eigenvalue weighted by molar-refractivity contribution is 5.89. The Bertz CT molecular complexity index is 661. The minimum Gasteiger partial charge on any atom is -0.324 e. The van der Waals surface area contributed by atoms with E-state index < -0.39 is 0 Å². The van der Waals surface area contributed by atoms with E-state index in [1.807, 2.05) is 29.3 Å². The van der Waals surface area contributed by atoms with Crippen molar-refractivity contribution in [1.29, 1.82) is 0 Å². The van der Waals surface area contributed by atoms with Crippen molar-refractivity contribution in [3.63, 3.8) is 0 Å². The summed E-state index contributed by atoms with van der Waals surface area (Å²) in [5.41, 5.74) is 1.65. The van der Waals surface area contributed by atoms with E-state index in [1.165, 1.54) is 0 Å². The second-order valence-corrected chi connectivity index (χ2v) is 6.36. The van der Waals surface area contributed by atoms with Crippen LogP contribution in [0, 0.1) is 0 Å². The highest BCUT2D eigenvalue weighted by Gasteiger charge is 2.24. The molecular formula is C17H24N6O. The van der Waals surface area contributed by atoms with Crippen LogP contribution in [0.25, 0.3) is 0 Å². The van der Waals surface area contributed by atoms with Gasteiger partial charge >= 0.3 is 6.03 Å². The van der Waals surface area contributed by atoms with E-state index in [1.54, 1.807) is 17.1 Å². The minimum atomic E-state index is -0.0513. The molecular weight excluding hydrogens is 304 g/mol. The summed E-state index contributed by atoms with van der Waals surface area (Å²) in [5.74, 6) is 0. The molecule has 1 aliphatic heterocycles. The number of urea groups is 1. The number of rotatable bonds is 4. The van der Waals surface area contributed by atoms with Crippen molar-refractivity contribution in [3.05, 3.63) is 42.5 Å². The van der Waals surface area contributed by atoms with Gasteiger partial charge in [0.05, 0.1) is 24.1 Å². The molecule has 7 heteroatoms. The molecule has 2 amide bonds. The summed E-state index contributed by atoms with van der Waals surface area (Å²) in [6, 6.07) is 6.30. The van der Waals surface area contributed by atoms with Crippen molar-refractivity contribution in [2.24, 2.45) is 0 Å². The van der Waals surface area contributed by atoms with E-state index >= 15 is 0 Å². The van der Waals surface area contributed by atoms with Gasteiger partial charge in [0, 0.05) is 31.5 Å². The summed E-state index contributed by atoms with van der Waals surface area (Å²) in [5, 5.41) is 7.21. The topological polar surface area (TPSA) is 66.3 Å². The molecule has 2 aromatic rings. The molecule has 24 heavy (non-hydrogen) atoms. The van der Waals surface area contributed by atoms with Gasteiger partial charge in [0.15, 0.2) is 0 Å². The molecule has 0 bridgehead atoms. The molecule has 3 heterocycles. The maximum absolute atomic E-state index is 12.4. The number of anilines is 1. The molecule has 7 nitrogen and oxygen atoms in total. The van der Waals surface area contributed by atoms with E-state index in [4.69, 9.17) is 0 Å². The van der Waals surface area contributed by atoms with Gasteiger partial charge in [-0.05, 0) is 39.1 Å². The van der Waals surface area contributed by atoms with Crippen LogP contribution in [0.15, 0.2) is 36.8 Å². The lowest BCUT2D eigenvalue weighted by molar-refractivity contribution is 0.156. The predicted octanol–water partition coefficient (Wildman–Crippen LogP) is 1.88. The molecule has 128 valence electrons. The molecule has 0 aromatic carbocycles. The Balaban J connectivity index is 1.52. The van der Waals surface area contributed by atoms with E-state index in [-0.39, 0.29) is 6.03 Å². The standard InChI is InChI=1S/C17H24N6O/c1-21(2)16-6-9-22(10-7-16)17(24)20-15-11-19-23(13-15)12-14-5-3-4-8-18-14/h3-5,8,11,13,16H,6-7,9-10,12H2,1-2H3,(H,20,24). The Kier molecular flexibility index (Phi) is 5.10. The highest BCUT2D eigenvalue weighted by Crippen LogP contribution is 2.16. The average molecular weight is 328 g/mol.